The van der Waals surface area contributed by atoms with E-state index in [0.717, 1.165) is 24.7 Å². The number of hydrogen-bond donors (Lipinski definition) is 2. The van der Waals surface area contributed by atoms with Gasteiger partial charge in [0.15, 0.2) is 0 Å². The molecule has 2 N–H and O–H groups in total. The van der Waals surface area contributed by atoms with Crippen molar-refractivity contribution in [1.29, 1.82) is 0 Å². The van der Waals surface area contributed by atoms with Crippen LogP contribution < -0.4 is 10.6 Å². The van der Waals surface area contributed by atoms with Gasteiger partial charge in [-0.25, -0.2) is 4.98 Å². The van der Waals surface area contributed by atoms with Gasteiger partial charge in [-0.1, -0.05) is 0 Å². The van der Waals surface area contributed by atoms with Gasteiger partial charge in [0.25, 0.3) is 0 Å². The summed E-state index contributed by atoms with van der Waals surface area (Å²) in [5.74, 6) is 1.68. The number of hydrogen-bond acceptors (Lipinski definition) is 5. The Morgan fingerprint density at radius 3 is 2.39 bits per heavy atom. The molecule has 0 aromatic carbocycles. The molecule has 2 rings (SSSR count). The minimum absolute atomic E-state index is 0.301. The Labute approximate surface area is 109 Å². The molecule has 0 aliphatic heterocycles. The summed E-state index contributed by atoms with van der Waals surface area (Å²) in [7, 11) is 4.31. The molecule has 5 nitrogen and oxygen atoms in total. The van der Waals surface area contributed by atoms with Gasteiger partial charge in [0, 0.05) is 18.6 Å². The molecule has 1 saturated carbocycles. The zero-order chi connectivity index (χ0) is 13.0. The summed E-state index contributed by atoms with van der Waals surface area (Å²) < 4.78 is 0. The Balaban J connectivity index is 1.95. The molecule has 1 aliphatic carbocycles. The van der Waals surface area contributed by atoms with Crippen molar-refractivity contribution in [3.05, 3.63) is 12.4 Å². The van der Waals surface area contributed by atoms with E-state index in [1.807, 2.05) is 0 Å². The van der Waals surface area contributed by atoms with Gasteiger partial charge in [0.05, 0.1) is 12.4 Å². The highest BCUT2D eigenvalue weighted by Crippen LogP contribution is 2.36. The Kier molecular flexibility index (Phi) is 4.01. The predicted molar refractivity (Wildman–Crippen MR) is 75.0 cm³/mol. The van der Waals surface area contributed by atoms with Crippen LogP contribution in [0.2, 0.25) is 0 Å². The van der Waals surface area contributed by atoms with E-state index in [1.54, 1.807) is 12.4 Å². The molecule has 0 unspecified atom stereocenters. The van der Waals surface area contributed by atoms with Gasteiger partial charge < -0.3 is 15.5 Å². The second-order valence-corrected chi connectivity index (χ2v) is 5.15. The van der Waals surface area contributed by atoms with E-state index in [2.05, 4.69) is 46.5 Å². The topological polar surface area (TPSA) is 53.1 Å². The van der Waals surface area contributed by atoms with Crippen LogP contribution >= 0.6 is 0 Å². The average Bonchev–Trinajstić information content (AvgIpc) is 2.28. The molecule has 1 heterocycles. The molecule has 0 saturated heterocycles. The number of nitrogens with zero attached hydrogens (tertiary/aromatic N) is 3. The van der Waals surface area contributed by atoms with E-state index in [9.17, 15) is 0 Å². The maximum Gasteiger partial charge on any atom is 0.147 e. The molecule has 0 amide bonds. The van der Waals surface area contributed by atoms with Crippen molar-refractivity contribution in [3.8, 4) is 0 Å². The summed E-state index contributed by atoms with van der Waals surface area (Å²) in [5.41, 5.74) is 0.301. The smallest absolute Gasteiger partial charge is 0.147 e. The first-order valence-corrected chi connectivity index (χ1v) is 6.63. The maximum atomic E-state index is 4.48. The second kappa shape index (κ2) is 5.52. The largest absolute Gasteiger partial charge is 0.369 e. The molecule has 1 aromatic rings. The van der Waals surface area contributed by atoms with E-state index in [4.69, 9.17) is 0 Å². The third kappa shape index (κ3) is 2.72. The van der Waals surface area contributed by atoms with E-state index in [-0.39, 0.29) is 0 Å². The van der Waals surface area contributed by atoms with E-state index in [0.29, 0.717) is 5.54 Å². The third-order valence-electron chi connectivity index (χ3n) is 3.82. The number of nitrogens with one attached hydrogen (secondary N) is 2. The zero-order valence-corrected chi connectivity index (χ0v) is 11.5. The van der Waals surface area contributed by atoms with Crippen LogP contribution in [0.5, 0.6) is 0 Å². The Hall–Kier alpha value is -1.36. The summed E-state index contributed by atoms with van der Waals surface area (Å²) in [6.45, 7) is 3.85. The van der Waals surface area contributed by atoms with Crippen LogP contribution in [-0.4, -0.2) is 47.6 Å². The molecular formula is C13H23N5. The Bertz CT molecular complexity index is 387. The third-order valence-corrected chi connectivity index (χ3v) is 3.82. The van der Waals surface area contributed by atoms with Crippen LogP contribution in [0, 0.1) is 0 Å². The van der Waals surface area contributed by atoms with Gasteiger partial charge >= 0.3 is 0 Å². The minimum Gasteiger partial charge on any atom is -0.369 e. The maximum absolute atomic E-state index is 4.48. The van der Waals surface area contributed by atoms with Gasteiger partial charge in [-0.3, -0.25) is 4.98 Å². The van der Waals surface area contributed by atoms with Crippen LogP contribution in [0.15, 0.2) is 12.4 Å². The molecule has 100 valence electrons. The standard InChI is InChI=1S/C13H23N5/c1-4-15-11-8-14-9-12(17-11)16-10-13(18(2)3)6-5-7-13/h8-9H,4-7,10H2,1-3H3,(H2,15,16,17). The first-order chi connectivity index (χ1) is 8.66. The van der Waals surface area contributed by atoms with Gasteiger partial charge in [-0.2, -0.15) is 0 Å². The molecule has 0 atom stereocenters. The van der Waals surface area contributed by atoms with Crippen LogP contribution in [0.1, 0.15) is 26.2 Å². The van der Waals surface area contributed by atoms with E-state index in [1.165, 1.54) is 19.3 Å². The van der Waals surface area contributed by atoms with Crippen LogP contribution in [-0.2, 0) is 0 Å². The highest BCUT2D eigenvalue weighted by Gasteiger charge is 2.38. The highest BCUT2D eigenvalue weighted by atomic mass is 15.2. The van der Waals surface area contributed by atoms with Gasteiger partial charge in [0.2, 0.25) is 0 Å². The van der Waals surface area contributed by atoms with Crippen molar-refractivity contribution in [2.24, 2.45) is 0 Å². The van der Waals surface area contributed by atoms with Crippen LogP contribution in [0.3, 0.4) is 0 Å². The summed E-state index contributed by atoms with van der Waals surface area (Å²) in [6, 6.07) is 0. The van der Waals surface area contributed by atoms with E-state index >= 15 is 0 Å². The number of anilines is 2. The summed E-state index contributed by atoms with van der Waals surface area (Å²) in [5, 5.41) is 6.58. The number of likely N-dealkylation sites (N-methyl/N-ethyl adjacent to an activating group) is 1. The van der Waals surface area contributed by atoms with Crippen molar-refractivity contribution in [2.45, 2.75) is 31.7 Å². The molecule has 0 bridgehead atoms. The van der Waals surface area contributed by atoms with Crippen molar-refractivity contribution < 1.29 is 0 Å². The highest BCUT2D eigenvalue weighted by molar-refractivity contribution is 5.41. The van der Waals surface area contributed by atoms with Crippen molar-refractivity contribution in [1.82, 2.24) is 14.9 Å². The average molecular weight is 249 g/mol. The van der Waals surface area contributed by atoms with Gasteiger partial charge in [-0.15, -0.1) is 0 Å². The van der Waals surface area contributed by atoms with Crippen LogP contribution in [0.4, 0.5) is 11.6 Å². The fraction of sp³-hybridized carbons (Fsp3) is 0.692. The van der Waals surface area contributed by atoms with Gasteiger partial charge in [0.1, 0.15) is 11.6 Å². The molecule has 0 spiro atoms. The predicted octanol–water partition coefficient (Wildman–Crippen LogP) is 1.80. The molecule has 18 heavy (non-hydrogen) atoms. The molecular weight excluding hydrogens is 226 g/mol. The monoisotopic (exact) mass is 249 g/mol. The lowest BCUT2D eigenvalue weighted by molar-refractivity contribution is 0.0738. The fourth-order valence-electron chi connectivity index (χ4n) is 2.34. The number of rotatable bonds is 6. The van der Waals surface area contributed by atoms with Gasteiger partial charge in [-0.05, 0) is 40.3 Å². The van der Waals surface area contributed by atoms with Crippen LogP contribution in [0.25, 0.3) is 0 Å². The summed E-state index contributed by atoms with van der Waals surface area (Å²) in [4.78, 5) is 11.0. The second-order valence-electron chi connectivity index (χ2n) is 5.15. The molecule has 0 radical (unpaired) electrons. The Morgan fingerprint density at radius 2 is 1.89 bits per heavy atom. The molecule has 5 heteroatoms. The van der Waals surface area contributed by atoms with Crippen molar-refractivity contribution in [2.75, 3.05) is 37.8 Å². The van der Waals surface area contributed by atoms with Crippen molar-refractivity contribution in [3.63, 3.8) is 0 Å². The summed E-state index contributed by atoms with van der Waals surface area (Å²) in [6.07, 6.45) is 7.37. The SMILES string of the molecule is CCNc1cncc(NCC2(N(C)C)CCC2)n1. The van der Waals surface area contributed by atoms with E-state index < -0.39 is 0 Å². The van der Waals surface area contributed by atoms with Crippen molar-refractivity contribution >= 4 is 11.6 Å². The first-order valence-electron chi connectivity index (χ1n) is 6.63. The summed E-state index contributed by atoms with van der Waals surface area (Å²) >= 11 is 0. The number of aromatic nitrogens is 2. The Morgan fingerprint density at radius 1 is 1.22 bits per heavy atom. The molecule has 1 aliphatic rings. The lowest BCUT2D eigenvalue weighted by atomic mass is 9.75. The molecule has 1 fully saturated rings. The first kappa shape index (κ1) is 13.1. The zero-order valence-electron chi connectivity index (χ0n) is 11.5. The lowest BCUT2D eigenvalue weighted by Gasteiger charge is -2.47. The normalized spacial score (nSPS) is 17.3. The fourth-order valence-corrected chi connectivity index (χ4v) is 2.34. The molecule has 1 aromatic heterocycles. The quantitative estimate of drug-likeness (QED) is 0.805. The minimum atomic E-state index is 0.301. The lowest BCUT2D eigenvalue weighted by Crippen LogP contribution is -2.54.